The van der Waals surface area contributed by atoms with Crippen LogP contribution in [0.25, 0.3) is 0 Å². The minimum Gasteiger partial charge on any atom is -0.351 e. The Bertz CT molecular complexity index is 469. The second kappa shape index (κ2) is 6.04. The molecule has 1 aromatic rings. The van der Waals surface area contributed by atoms with Crippen molar-refractivity contribution in [1.82, 2.24) is 5.32 Å². The number of carbonyl (C=O) groups is 1. The van der Waals surface area contributed by atoms with Crippen molar-refractivity contribution in [3.05, 3.63) is 35.1 Å². The molecule has 0 aliphatic heterocycles. The standard InChI is InChI=1S/C15H19BrFNO/c1-11-4-5-12(8-13(11)17)14(19)18-10-15(9-16)6-2-3-7-15/h4-5,8H,2-3,6-7,9-10H2,1H3,(H,18,19). The van der Waals surface area contributed by atoms with Crippen molar-refractivity contribution in [2.45, 2.75) is 32.6 Å². The van der Waals surface area contributed by atoms with Gasteiger partial charge in [0.25, 0.3) is 5.91 Å². The van der Waals surface area contributed by atoms with Crippen molar-refractivity contribution in [2.75, 3.05) is 11.9 Å². The third-order valence-electron chi connectivity index (χ3n) is 4.01. The van der Waals surface area contributed by atoms with Crippen LogP contribution in [0.4, 0.5) is 4.39 Å². The normalized spacial score (nSPS) is 17.4. The second-order valence-corrected chi connectivity index (χ2v) is 6.05. The molecule has 2 nitrogen and oxygen atoms in total. The summed E-state index contributed by atoms with van der Waals surface area (Å²) in [5.41, 5.74) is 1.13. The highest BCUT2D eigenvalue weighted by Crippen LogP contribution is 2.38. The fourth-order valence-electron chi connectivity index (χ4n) is 2.59. The summed E-state index contributed by atoms with van der Waals surface area (Å²) in [6.07, 6.45) is 4.73. The van der Waals surface area contributed by atoms with E-state index in [1.807, 2.05) is 0 Å². The third kappa shape index (κ3) is 3.35. The van der Waals surface area contributed by atoms with Crippen LogP contribution >= 0.6 is 15.9 Å². The molecule has 2 rings (SSSR count). The molecule has 0 radical (unpaired) electrons. The maximum Gasteiger partial charge on any atom is 0.251 e. The van der Waals surface area contributed by atoms with Gasteiger partial charge in [-0.05, 0) is 42.9 Å². The van der Waals surface area contributed by atoms with Crippen LogP contribution in [0.3, 0.4) is 0 Å². The number of alkyl halides is 1. The molecule has 1 saturated carbocycles. The molecule has 0 saturated heterocycles. The Balaban J connectivity index is 1.99. The molecule has 1 aromatic carbocycles. The highest BCUT2D eigenvalue weighted by Gasteiger charge is 2.33. The number of aryl methyl sites for hydroxylation is 1. The van der Waals surface area contributed by atoms with Gasteiger partial charge in [0.15, 0.2) is 0 Å². The van der Waals surface area contributed by atoms with E-state index < -0.39 is 0 Å². The summed E-state index contributed by atoms with van der Waals surface area (Å²) in [4.78, 5) is 12.0. The zero-order valence-corrected chi connectivity index (χ0v) is 12.7. The van der Waals surface area contributed by atoms with E-state index in [1.54, 1.807) is 19.1 Å². The lowest BCUT2D eigenvalue weighted by Gasteiger charge is -2.26. The highest BCUT2D eigenvalue weighted by atomic mass is 79.9. The van der Waals surface area contributed by atoms with E-state index in [-0.39, 0.29) is 17.1 Å². The Morgan fingerprint density at radius 2 is 2.11 bits per heavy atom. The highest BCUT2D eigenvalue weighted by molar-refractivity contribution is 9.09. The van der Waals surface area contributed by atoms with E-state index >= 15 is 0 Å². The first-order chi connectivity index (χ1) is 9.06. The summed E-state index contributed by atoms with van der Waals surface area (Å²) < 4.78 is 13.4. The number of hydrogen-bond donors (Lipinski definition) is 1. The largest absolute Gasteiger partial charge is 0.351 e. The molecule has 0 heterocycles. The monoisotopic (exact) mass is 327 g/mol. The molecule has 0 atom stereocenters. The van der Waals surface area contributed by atoms with Crippen molar-refractivity contribution < 1.29 is 9.18 Å². The van der Waals surface area contributed by atoms with Crippen molar-refractivity contribution in [2.24, 2.45) is 5.41 Å². The minimum absolute atomic E-state index is 0.179. The summed E-state index contributed by atoms with van der Waals surface area (Å²) in [5, 5.41) is 3.85. The lowest BCUT2D eigenvalue weighted by Crippen LogP contribution is -2.37. The number of amides is 1. The Morgan fingerprint density at radius 1 is 1.42 bits per heavy atom. The lowest BCUT2D eigenvalue weighted by atomic mass is 9.89. The fourth-order valence-corrected chi connectivity index (χ4v) is 3.35. The van der Waals surface area contributed by atoms with Crippen LogP contribution in [0.2, 0.25) is 0 Å². The van der Waals surface area contributed by atoms with Crippen molar-refractivity contribution in [3.63, 3.8) is 0 Å². The summed E-state index contributed by atoms with van der Waals surface area (Å²) in [7, 11) is 0. The maximum atomic E-state index is 13.4. The second-order valence-electron chi connectivity index (χ2n) is 5.49. The van der Waals surface area contributed by atoms with E-state index in [4.69, 9.17) is 0 Å². The van der Waals surface area contributed by atoms with Crippen molar-refractivity contribution in [1.29, 1.82) is 0 Å². The van der Waals surface area contributed by atoms with E-state index in [9.17, 15) is 9.18 Å². The molecule has 1 aliphatic carbocycles. The summed E-state index contributed by atoms with van der Waals surface area (Å²) in [5.74, 6) is -0.519. The Morgan fingerprint density at radius 3 is 2.68 bits per heavy atom. The molecular weight excluding hydrogens is 309 g/mol. The van der Waals surface area contributed by atoms with Gasteiger partial charge in [0.1, 0.15) is 5.82 Å². The van der Waals surface area contributed by atoms with Crippen LogP contribution in [0.5, 0.6) is 0 Å². The first-order valence-corrected chi connectivity index (χ1v) is 7.79. The van der Waals surface area contributed by atoms with Gasteiger partial charge in [-0.2, -0.15) is 0 Å². The van der Waals surface area contributed by atoms with Gasteiger partial charge in [-0.1, -0.05) is 34.8 Å². The van der Waals surface area contributed by atoms with Crippen LogP contribution in [0.15, 0.2) is 18.2 Å². The number of benzene rings is 1. The van der Waals surface area contributed by atoms with Gasteiger partial charge < -0.3 is 5.32 Å². The summed E-state index contributed by atoms with van der Waals surface area (Å²) in [6, 6.07) is 4.61. The van der Waals surface area contributed by atoms with Gasteiger partial charge >= 0.3 is 0 Å². The maximum absolute atomic E-state index is 13.4. The number of halogens is 2. The number of carbonyl (C=O) groups excluding carboxylic acids is 1. The van der Waals surface area contributed by atoms with Gasteiger partial charge in [-0.3, -0.25) is 4.79 Å². The SMILES string of the molecule is Cc1ccc(C(=O)NCC2(CBr)CCCC2)cc1F. The van der Waals surface area contributed by atoms with Gasteiger partial charge in [0, 0.05) is 17.4 Å². The van der Waals surface area contributed by atoms with E-state index in [1.165, 1.54) is 18.9 Å². The first-order valence-electron chi connectivity index (χ1n) is 6.67. The fraction of sp³-hybridized carbons (Fsp3) is 0.533. The van der Waals surface area contributed by atoms with Gasteiger partial charge in [0.05, 0.1) is 0 Å². The van der Waals surface area contributed by atoms with Crippen LogP contribution in [0.1, 0.15) is 41.6 Å². The lowest BCUT2D eigenvalue weighted by molar-refractivity contribution is 0.0935. The average Bonchev–Trinajstić information content (AvgIpc) is 2.89. The van der Waals surface area contributed by atoms with E-state index in [0.29, 0.717) is 17.7 Å². The van der Waals surface area contributed by atoms with Crippen LogP contribution in [-0.2, 0) is 0 Å². The summed E-state index contributed by atoms with van der Waals surface area (Å²) in [6.45, 7) is 2.35. The van der Waals surface area contributed by atoms with Gasteiger partial charge in [0.2, 0.25) is 0 Å². The number of rotatable bonds is 4. The molecule has 104 valence electrons. The van der Waals surface area contributed by atoms with Crippen LogP contribution in [0, 0.1) is 18.2 Å². The third-order valence-corrected chi connectivity index (χ3v) is 5.20. The van der Waals surface area contributed by atoms with Crippen LogP contribution < -0.4 is 5.32 Å². The van der Waals surface area contributed by atoms with E-state index in [2.05, 4.69) is 21.2 Å². The molecule has 4 heteroatoms. The quantitative estimate of drug-likeness (QED) is 0.837. The molecule has 1 fully saturated rings. The van der Waals surface area contributed by atoms with Crippen molar-refractivity contribution in [3.8, 4) is 0 Å². The van der Waals surface area contributed by atoms with Crippen LogP contribution in [-0.4, -0.2) is 17.8 Å². The zero-order chi connectivity index (χ0) is 13.9. The molecule has 19 heavy (non-hydrogen) atoms. The molecule has 0 spiro atoms. The predicted molar refractivity (Wildman–Crippen MR) is 78.2 cm³/mol. The Labute approximate surface area is 121 Å². The smallest absolute Gasteiger partial charge is 0.251 e. The van der Waals surface area contributed by atoms with Gasteiger partial charge in [-0.25, -0.2) is 4.39 Å². The molecule has 1 N–H and O–H groups in total. The molecule has 1 amide bonds. The number of nitrogens with one attached hydrogen (secondary N) is 1. The predicted octanol–water partition coefficient (Wildman–Crippen LogP) is 3.82. The first kappa shape index (κ1) is 14.5. The zero-order valence-electron chi connectivity index (χ0n) is 11.1. The Hall–Kier alpha value is -0.900. The van der Waals surface area contributed by atoms with Crippen molar-refractivity contribution >= 4 is 21.8 Å². The molecule has 0 aromatic heterocycles. The molecule has 0 bridgehead atoms. The minimum atomic E-state index is -0.330. The number of hydrogen-bond acceptors (Lipinski definition) is 1. The summed E-state index contributed by atoms with van der Waals surface area (Å²) >= 11 is 3.55. The van der Waals surface area contributed by atoms with Gasteiger partial charge in [-0.15, -0.1) is 0 Å². The van der Waals surface area contributed by atoms with E-state index in [0.717, 1.165) is 18.2 Å². The Kier molecular flexibility index (Phi) is 4.61. The topological polar surface area (TPSA) is 29.1 Å². The molecule has 1 aliphatic rings. The molecule has 0 unspecified atom stereocenters. The average molecular weight is 328 g/mol. The molecular formula is C15H19BrFNO.